The second-order valence-corrected chi connectivity index (χ2v) is 6.92. The van der Waals surface area contributed by atoms with Gasteiger partial charge in [-0.25, -0.2) is 0 Å². The monoisotopic (exact) mass is 321 g/mol. The van der Waals surface area contributed by atoms with Crippen LogP contribution in [-0.2, 0) is 23.8 Å². The number of likely N-dealkylation sites (tertiary alicyclic amines) is 1. The summed E-state index contributed by atoms with van der Waals surface area (Å²) in [6.45, 7) is 4.22. The molecule has 126 valence electrons. The molecule has 0 N–H and O–H groups in total. The summed E-state index contributed by atoms with van der Waals surface area (Å²) in [7, 11) is 0. The Morgan fingerprint density at radius 3 is 3.13 bits per heavy atom. The van der Waals surface area contributed by atoms with E-state index in [9.17, 15) is 9.59 Å². The Morgan fingerprint density at radius 2 is 2.39 bits per heavy atom. The summed E-state index contributed by atoms with van der Waals surface area (Å²) in [6.07, 6.45) is 6.48. The number of rotatable bonds is 5. The maximum Gasteiger partial charge on any atom is 0.312 e. The van der Waals surface area contributed by atoms with E-state index in [1.165, 1.54) is 0 Å². The highest BCUT2D eigenvalue weighted by molar-refractivity contribution is 5.91. The minimum atomic E-state index is -0.643. The first-order valence-corrected chi connectivity index (χ1v) is 8.59. The molecule has 3 fully saturated rings. The number of fused-ring (bicyclic) bond motifs is 1. The smallest absolute Gasteiger partial charge is 0.312 e. The summed E-state index contributed by atoms with van der Waals surface area (Å²) < 4.78 is 17.0. The van der Waals surface area contributed by atoms with E-state index in [0.29, 0.717) is 19.7 Å². The highest BCUT2D eigenvalue weighted by Gasteiger charge is 2.67. The lowest BCUT2D eigenvalue weighted by atomic mass is 9.77. The molecule has 0 aromatic rings. The lowest BCUT2D eigenvalue weighted by Crippen LogP contribution is -2.40. The quantitative estimate of drug-likeness (QED) is 0.556. The molecule has 0 aromatic carbocycles. The third kappa shape index (κ3) is 2.31. The second-order valence-electron chi connectivity index (χ2n) is 6.92. The van der Waals surface area contributed by atoms with E-state index in [0.717, 1.165) is 25.9 Å². The third-order valence-corrected chi connectivity index (χ3v) is 5.35. The molecule has 6 heteroatoms. The summed E-state index contributed by atoms with van der Waals surface area (Å²) in [5, 5.41) is 0. The molecule has 4 rings (SSSR count). The summed E-state index contributed by atoms with van der Waals surface area (Å²) in [5.74, 6) is -1.25. The molecule has 0 unspecified atom stereocenters. The molecular formula is C17H23NO5. The summed E-state index contributed by atoms with van der Waals surface area (Å²) in [6, 6.07) is 0. The third-order valence-electron chi connectivity index (χ3n) is 5.35. The van der Waals surface area contributed by atoms with E-state index in [4.69, 9.17) is 14.2 Å². The van der Waals surface area contributed by atoms with E-state index in [1.807, 2.05) is 24.0 Å². The van der Waals surface area contributed by atoms with Crippen LogP contribution in [0, 0.1) is 11.8 Å². The van der Waals surface area contributed by atoms with Crippen molar-refractivity contribution in [1.82, 2.24) is 4.90 Å². The Kier molecular flexibility index (Phi) is 3.69. The zero-order valence-corrected chi connectivity index (χ0v) is 13.4. The fourth-order valence-electron chi connectivity index (χ4n) is 4.33. The predicted octanol–water partition coefficient (Wildman–Crippen LogP) is 0.901. The summed E-state index contributed by atoms with van der Waals surface area (Å²) >= 11 is 0. The van der Waals surface area contributed by atoms with Gasteiger partial charge in [-0.2, -0.15) is 0 Å². The molecule has 0 saturated carbocycles. The number of ether oxygens (including phenoxy) is 3. The van der Waals surface area contributed by atoms with Gasteiger partial charge in [-0.1, -0.05) is 19.1 Å². The van der Waals surface area contributed by atoms with Crippen LogP contribution in [0.1, 0.15) is 26.2 Å². The van der Waals surface area contributed by atoms with Crippen LogP contribution in [-0.4, -0.2) is 60.9 Å². The number of carbonyl (C=O) groups is 2. The molecule has 0 aromatic heterocycles. The van der Waals surface area contributed by atoms with E-state index < -0.39 is 17.4 Å². The van der Waals surface area contributed by atoms with Crippen LogP contribution in [0.3, 0.4) is 0 Å². The summed E-state index contributed by atoms with van der Waals surface area (Å²) in [5.41, 5.74) is -0.643. The predicted molar refractivity (Wildman–Crippen MR) is 80.5 cm³/mol. The van der Waals surface area contributed by atoms with Gasteiger partial charge in [0, 0.05) is 13.2 Å². The molecular weight excluding hydrogens is 298 g/mol. The molecule has 3 saturated heterocycles. The fraction of sp³-hybridized carbons (Fsp3) is 0.765. The first-order chi connectivity index (χ1) is 11.1. The van der Waals surface area contributed by atoms with Crippen molar-refractivity contribution in [2.24, 2.45) is 11.8 Å². The molecule has 5 atom stereocenters. The standard InChI is InChI=1S/C17H23NO5/c1-2-7-22-16(20)13-12-5-6-17(23-12)10-18(15(19)14(13)17)9-11-4-3-8-21-11/h5-6,11-14H,2-4,7-10H2,1H3/t11-,12-,13-,14-,17+/m0/s1. The number of carbonyl (C=O) groups excluding carboxylic acids is 2. The van der Waals surface area contributed by atoms with E-state index in [2.05, 4.69) is 0 Å². The van der Waals surface area contributed by atoms with Crippen molar-refractivity contribution in [3.63, 3.8) is 0 Å². The maximum absolute atomic E-state index is 12.9. The SMILES string of the molecule is CCCOC(=O)[C@H]1[C@@H]2C=C[C@]3(CN(C[C@@H]4CCCO4)C(=O)[C@H]13)O2. The van der Waals surface area contributed by atoms with Gasteiger partial charge < -0.3 is 19.1 Å². The highest BCUT2D eigenvalue weighted by Crippen LogP contribution is 2.52. The van der Waals surface area contributed by atoms with Crippen LogP contribution in [0.4, 0.5) is 0 Å². The molecule has 0 aliphatic carbocycles. The van der Waals surface area contributed by atoms with Gasteiger partial charge in [0.15, 0.2) is 0 Å². The van der Waals surface area contributed by atoms with Gasteiger partial charge in [-0.05, 0) is 19.3 Å². The van der Waals surface area contributed by atoms with E-state index >= 15 is 0 Å². The van der Waals surface area contributed by atoms with Gasteiger partial charge >= 0.3 is 5.97 Å². The van der Waals surface area contributed by atoms with Crippen LogP contribution in [0.5, 0.6) is 0 Å². The van der Waals surface area contributed by atoms with E-state index in [-0.39, 0.29) is 24.1 Å². The number of hydrogen-bond acceptors (Lipinski definition) is 5. The molecule has 2 bridgehead atoms. The molecule has 4 heterocycles. The Labute approximate surface area is 135 Å². The number of amides is 1. The van der Waals surface area contributed by atoms with Crippen molar-refractivity contribution in [3.05, 3.63) is 12.2 Å². The van der Waals surface area contributed by atoms with Crippen molar-refractivity contribution in [1.29, 1.82) is 0 Å². The van der Waals surface area contributed by atoms with Crippen LogP contribution >= 0.6 is 0 Å². The summed E-state index contributed by atoms with van der Waals surface area (Å²) in [4.78, 5) is 27.1. The van der Waals surface area contributed by atoms with Crippen molar-refractivity contribution < 1.29 is 23.8 Å². The largest absolute Gasteiger partial charge is 0.465 e. The Hall–Kier alpha value is -1.40. The van der Waals surface area contributed by atoms with E-state index in [1.54, 1.807) is 0 Å². The van der Waals surface area contributed by atoms with Gasteiger partial charge in [0.25, 0.3) is 0 Å². The van der Waals surface area contributed by atoms with Gasteiger partial charge in [0.2, 0.25) is 5.91 Å². The Morgan fingerprint density at radius 1 is 1.52 bits per heavy atom. The maximum atomic E-state index is 12.9. The van der Waals surface area contributed by atoms with Crippen LogP contribution in [0.2, 0.25) is 0 Å². The van der Waals surface area contributed by atoms with Crippen LogP contribution in [0.25, 0.3) is 0 Å². The first kappa shape index (κ1) is 15.1. The Balaban J connectivity index is 1.52. The minimum absolute atomic E-state index is 0.00537. The fourth-order valence-corrected chi connectivity index (χ4v) is 4.33. The molecule has 1 spiro atoms. The number of hydrogen-bond donors (Lipinski definition) is 0. The number of esters is 1. The van der Waals surface area contributed by atoms with Gasteiger partial charge in [-0.15, -0.1) is 0 Å². The normalized spacial score (nSPS) is 40.9. The van der Waals surface area contributed by atoms with Crippen molar-refractivity contribution in [2.45, 2.75) is 44.0 Å². The molecule has 1 amide bonds. The number of nitrogens with zero attached hydrogens (tertiary/aromatic N) is 1. The van der Waals surface area contributed by atoms with Gasteiger partial charge in [-0.3, -0.25) is 9.59 Å². The topological polar surface area (TPSA) is 65.1 Å². The van der Waals surface area contributed by atoms with Gasteiger partial charge in [0.1, 0.15) is 11.5 Å². The molecule has 4 aliphatic rings. The van der Waals surface area contributed by atoms with Crippen LogP contribution < -0.4 is 0 Å². The van der Waals surface area contributed by atoms with Crippen LogP contribution in [0.15, 0.2) is 12.2 Å². The first-order valence-electron chi connectivity index (χ1n) is 8.59. The lowest BCUT2D eigenvalue weighted by molar-refractivity contribution is -0.154. The molecule has 4 aliphatic heterocycles. The van der Waals surface area contributed by atoms with Crippen molar-refractivity contribution >= 4 is 11.9 Å². The minimum Gasteiger partial charge on any atom is -0.465 e. The average molecular weight is 321 g/mol. The zero-order chi connectivity index (χ0) is 16.0. The molecule has 0 radical (unpaired) electrons. The van der Waals surface area contributed by atoms with Gasteiger partial charge in [0.05, 0.1) is 31.3 Å². The second kappa shape index (κ2) is 5.60. The Bertz CT molecular complexity index is 541. The lowest BCUT2D eigenvalue weighted by Gasteiger charge is -2.23. The molecule has 6 nitrogen and oxygen atoms in total. The average Bonchev–Trinajstić information content (AvgIpc) is 3.28. The zero-order valence-electron chi connectivity index (χ0n) is 13.4. The van der Waals surface area contributed by atoms with Crippen molar-refractivity contribution in [3.8, 4) is 0 Å². The van der Waals surface area contributed by atoms with Crippen molar-refractivity contribution in [2.75, 3.05) is 26.3 Å². The highest BCUT2D eigenvalue weighted by atomic mass is 16.6. The molecule has 23 heavy (non-hydrogen) atoms.